The van der Waals surface area contributed by atoms with Crippen molar-refractivity contribution in [2.75, 3.05) is 35.5 Å². The summed E-state index contributed by atoms with van der Waals surface area (Å²) in [4.78, 5) is 50.7. The maximum atomic E-state index is 13.4. The number of ketones is 1. The molecule has 0 N–H and O–H groups in total. The minimum atomic E-state index is -1.70. The number of ether oxygens (including phenoxy) is 5. The van der Waals surface area contributed by atoms with Crippen molar-refractivity contribution in [3.8, 4) is 11.5 Å². The molecule has 9 heteroatoms. The van der Waals surface area contributed by atoms with Crippen molar-refractivity contribution in [3.05, 3.63) is 34.4 Å². The van der Waals surface area contributed by atoms with Gasteiger partial charge in [0.15, 0.2) is 23.2 Å². The Morgan fingerprint density at radius 1 is 0.828 bits per heavy atom. The molecule has 1 aromatic rings. The van der Waals surface area contributed by atoms with Crippen molar-refractivity contribution < 1.29 is 42.9 Å². The maximum Gasteiger partial charge on any atom is 0.335 e. The number of aryl methyl sites for hydroxylation is 1. The monoisotopic (exact) mass is 406 g/mol. The molecule has 1 unspecified atom stereocenters. The Labute approximate surface area is 167 Å². The molecule has 0 fully saturated rings. The van der Waals surface area contributed by atoms with Gasteiger partial charge in [-0.05, 0) is 30.5 Å². The van der Waals surface area contributed by atoms with E-state index in [4.69, 9.17) is 23.7 Å². The van der Waals surface area contributed by atoms with E-state index >= 15 is 0 Å². The predicted octanol–water partition coefficient (Wildman–Crippen LogP) is 1.26. The second-order valence-corrected chi connectivity index (χ2v) is 6.06. The first-order valence-electron chi connectivity index (χ1n) is 8.61. The van der Waals surface area contributed by atoms with Crippen LogP contribution in [0, 0.1) is 5.92 Å². The van der Waals surface area contributed by atoms with Crippen LogP contribution in [0.4, 0.5) is 0 Å². The Kier molecular flexibility index (Phi) is 6.98. The van der Waals surface area contributed by atoms with Crippen molar-refractivity contribution in [1.29, 1.82) is 0 Å². The molecule has 0 bridgehead atoms. The minimum Gasteiger partial charge on any atom is -0.493 e. The van der Waals surface area contributed by atoms with Gasteiger partial charge in [-0.25, -0.2) is 9.59 Å². The van der Waals surface area contributed by atoms with Crippen LogP contribution in [0.25, 0.3) is 0 Å². The van der Waals surface area contributed by atoms with E-state index in [1.54, 1.807) is 6.07 Å². The summed E-state index contributed by atoms with van der Waals surface area (Å²) in [5.74, 6) is -4.59. The van der Waals surface area contributed by atoms with E-state index in [9.17, 15) is 19.2 Å². The van der Waals surface area contributed by atoms with Gasteiger partial charge in [0.2, 0.25) is 0 Å². The topological polar surface area (TPSA) is 114 Å². The van der Waals surface area contributed by atoms with Gasteiger partial charge in [0.1, 0.15) is 0 Å². The zero-order chi connectivity index (χ0) is 21.7. The fraction of sp³-hybridized carbons (Fsp3) is 0.400. The first kappa shape index (κ1) is 21.9. The average molecular weight is 406 g/mol. The van der Waals surface area contributed by atoms with E-state index in [0.29, 0.717) is 11.3 Å². The van der Waals surface area contributed by atoms with Gasteiger partial charge in [-0.2, -0.15) is 0 Å². The lowest BCUT2D eigenvalue weighted by molar-refractivity contribution is -0.146. The SMILES string of the molecule is COC(=O)/C1=C(\C(=O)OC)C(C(=O)OC)C(=O)c2cc(OC)c(OC)cc2CC1. The zero-order valence-corrected chi connectivity index (χ0v) is 16.8. The molecule has 9 nitrogen and oxygen atoms in total. The van der Waals surface area contributed by atoms with Crippen LogP contribution in [0.1, 0.15) is 22.3 Å². The van der Waals surface area contributed by atoms with Crippen LogP contribution in [0.15, 0.2) is 23.3 Å². The third-order valence-corrected chi connectivity index (χ3v) is 4.67. The number of carbonyl (C=O) groups excluding carboxylic acids is 4. The van der Waals surface area contributed by atoms with Crippen LogP contribution in [-0.2, 0) is 35.0 Å². The van der Waals surface area contributed by atoms with E-state index < -0.39 is 35.2 Å². The number of benzene rings is 1. The summed E-state index contributed by atoms with van der Waals surface area (Å²) in [6.07, 6.45) is 0.237. The second-order valence-electron chi connectivity index (χ2n) is 6.06. The van der Waals surface area contributed by atoms with Crippen molar-refractivity contribution in [2.45, 2.75) is 12.8 Å². The largest absolute Gasteiger partial charge is 0.493 e. The van der Waals surface area contributed by atoms with Crippen molar-refractivity contribution in [2.24, 2.45) is 5.92 Å². The van der Waals surface area contributed by atoms with Crippen LogP contribution in [0.2, 0.25) is 0 Å². The number of Topliss-reactive ketones (excluding diaryl/α,β-unsaturated/α-hetero) is 1. The quantitative estimate of drug-likeness (QED) is 0.405. The number of fused-ring (bicyclic) bond motifs is 1. The van der Waals surface area contributed by atoms with E-state index in [2.05, 4.69) is 0 Å². The highest BCUT2D eigenvalue weighted by Gasteiger charge is 2.42. The van der Waals surface area contributed by atoms with Gasteiger partial charge < -0.3 is 23.7 Å². The maximum absolute atomic E-state index is 13.4. The summed E-state index contributed by atoms with van der Waals surface area (Å²) in [5, 5.41) is 0. The lowest BCUT2D eigenvalue weighted by Gasteiger charge is -2.24. The van der Waals surface area contributed by atoms with E-state index in [1.165, 1.54) is 20.3 Å². The summed E-state index contributed by atoms with van der Waals surface area (Å²) in [7, 11) is 6.16. The molecule has 29 heavy (non-hydrogen) atoms. The van der Waals surface area contributed by atoms with Gasteiger partial charge in [0.25, 0.3) is 0 Å². The summed E-state index contributed by atoms with van der Waals surface area (Å²) < 4.78 is 24.8. The highest BCUT2D eigenvalue weighted by molar-refractivity contribution is 6.18. The Bertz CT molecular complexity index is 882. The number of esters is 3. The Morgan fingerprint density at radius 3 is 1.93 bits per heavy atom. The first-order chi connectivity index (χ1) is 13.8. The van der Waals surface area contributed by atoms with Crippen molar-refractivity contribution in [3.63, 3.8) is 0 Å². The fourth-order valence-electron chi connectivity index (χ4n) is 3.24. The van der Waals surface area contributed by atoms with E-state index in [-0.39, 0.29) is 29.7 Å². The van der Waals surface area contributed by atoms with Crippen LogP contribution in [0.5, 0.6) is 11.5 Å². The average Bonchev–Trinajstić information content (AvgIpc) is 2.74. The highest BCUT2D eigenvalue weighted by Crippen LogP contribution is 2.36. The predicted molar refractivity (Wildman–Crippen MR) is 98.8 cm³/mol. The fourth-order valence-corrected chi connectivity index (χ4v) is 3.24. The van der Waals surface area contributed by atoms with Gasteiger partial charge in [-0.15, -0.1) is 0 Å². The molecule has 1 aliphatic carbocycles. The smallest absolute Gasteiger partial charge is 0.335 e. The second kappa shape index (κ2) is 9.22. The summed E-state index contributed by atoms with van der Waals surface area (Å²) in [6, 6.07) is 3.03. The molecular formula is C20H22O9. The van der Waals surface area contributed by atoms with Crippen LogP contribution in [-0.4, -0.2) is 59.2 Å². The molecule has 0 spiro atoms. The number of rotatable bonds is 5. The van der Waals surface area contributed by atoms with E-state index in [0.717, 1.165) is 21.3 Å². The van der Waals surface area contributed by atoms with Gasteiger partial charge in [0, 0.05) is 11.1 Å². The summed E-state index contributed by atoms with van der Waals surface area (Å²) in [6.45, 7) is 0. The normalized spacial score (nSPS) is 18.7. The minimum absolute atomic E-state index is 0.0281. The van der Waals surface area contributed by atoms with Gasteiger partial charge in [0.05, 0.1) is 41.1 Å². The number of carbonyl (C=O) groups is 4. The number of hydrogen-bond acceptors (Lipinski definition) is 9. The molecule has 0 saturated heterocycles. The molecule has 1 aromatic carbocycles. The Hall–Kier alpha value is -3.36. The molecule has 0 saturated carbocycles. The summed E-state index contributed by atoms with van der Waals surface area (Å²) in [5.41, 5.74) is 0.162. The summed E-state index contributed by atoms with van der Waals surface area (Å²) >= 11 is 0. The highest BCUT2D eigenvalue weighted by atomic mass is 16.5. The zero-order valence-electron chi connectivity index (χ0n) is 16.8. The molecule has 1 atom stereocenters. The molecule has 156 valence electrons. The molecule has 0 amide bonds. The van der Waals surface area contributed by atoms with Crippen LogP contribution < -0.4 is 9.47 Å². The molecule has 0 aliphatic heterocycles. The third kappa shape index (κ3) is 4.08. The lowest BCUT2D eigenvalue weighted by Crippen LogP contribution is -2.35. The van der Waals surface area contributed by atoms with Gasteiger partial charge >= 0.3 is 17.9 Å². The molecule has 1 aliphatic rings. The standard InChI is InChI=1S/C20H22O9/c1-25-13-8-10-6-7-11(18(22)27-3)15(19(23)28-4)16(20(24)29-5)17(21)12(10)9-14(13)26-2/h8-9,16H,6-7H2,1-5H3/b15-11-. The molecule has 0 heterocycles. The van der Waals surface area contributed by atoms with Gasteiger partial charge in [-0.3, -0.25) is 9.59 Å². The number of methoxy groups -OCH3 is 5. The molecule has 0 radical (unpaired) electrons. The van der Waals surface area contributed by atoms with Crippen molar-refractivity contribution >= 4 is 23.7 Å². The Balaban J connectivity index is 2.82. The molecule has 0 aromatic heterocycles. The van der Waals surface area contributed by atoms with Crippen LogP contribution >= 0.6 is 0 Å². The Morgan fingerprint density at radius 2 is 1.41 bits per heavy atom. The van der Waals surface area contributed by atoms with Crippen LogP contribution in [0.3, 0.4) is 0 Å². The third-order valence-electron chi connectivity index (χ3n) is 4.67. The first-order valence-corrected chi connectivity index (χ1v) is 8.61. The molecular weight excluding hydrogens is 384 g/mol. The van der Waals surface area contributed by atoms with Gasteiger partial charge in [-0.1, -0.05) is 0 Å². The lowest BCUT2D eigenvalue weighted by atomic mass is 9.80. The molecule has 2 rings (SSSR count). The van der Waals surface area contributed by atoms with Crippen molar-refractivity contribution in [1.82, 2.24) is 0 Å². The van der Waals surface area contributed by atoms with E-state index in [1.807, 2.05) is 0 Å². The number of hydrogen-bond donors (Lipinski definition) is 0.